The molecular weight excluding hydrogens is 384 g/mol. The molecule has 0 saturated carbocycles. The summed E-state index contributed by atoms with van der Waals surface area (Å²) in [6.07, 6.45) is 0. The Kier molecular flexibility index (Phi) is 6.99. The Morgan fingerprint density at radius 1 is 1.26 bits per heavy atom. The monoisotopic (exact) mass is 399 g/mol. The van der Waals surface area contributed by atoms with Crippen molar-refractivity contribution >= 4 is 29.4 Å². The summed E-state index contributed by atoms with van der Waals surface area (Å²) in [4.78, 5) is 35.2. The Morgan fingerprint density at radius 3 is 2.52 bits per heavy atom. The third-order valence-electron chi connectivity index (χ3n) is 3.13. The topological polar surface area (TPSA) is 111 Å². The largest absolute Gasteiger partial charge is 0.465 e. The summed E-state index contributed by atoms with van der Waals surface area (Å²) < 4.78 is 37.1. The van der Waals surface area contributed by atoms with Crippen LogP contribution in [0, 0.1) is 11.6 Å². The van der Waals surface area contributed by atoms with E-state index in [4.69, 9.17) is 9.15 Å². The standard InChI is InChI=1S/C16H15F2N3O5S/c1-3-25-15(24)13(8(2)22)27-16-21-20-11(26-16)7-19-14(23)12-9(17)5-4-6-10(12)18/h4-6,13H,3,7H2,1-2H3,(H,19,23)/t13-/m0/s1. The highest BCUT2D eigenvalue weighted by Crippen LogP contribution is 2.24. The Hall–Kier alpha value is -2.82. The fourth-order valence-electron chi connectivity index (χ4n) is 1.93. The molecule has 144 valence electrons. The minimum Gasteiger partial charge on any atom is -0.465 e. The second-order valence-electron chi connectivity index (χ2n) is 5.10. The Balaban J connectivity index is 2.00. The van der Waals surface area contributed by atoms with E-state index in [-0.39, 0.29) is 24.3 Å². The molecule has 8 nitrogen and oxygen atoms in total. The number of aromatic nitrogens is 2. The number of carbonyl (C=O) groups is 3. The average Bonchev–Trinajstić information content (AvgIpc) is 3.05. The highest BCUT2D eigenvalue weighted by atomic mass is 32.2. The molecule has 2 aromatic rings. The number of nitrogens with zero attached hydrogens (tertiary/aromatic N) is 2. The van der Waals surface area contributed by atoms with E-state index in [9.17, 15) is 23.2 Å². The van der Waals surface area contributed by atoms with Gasteiger partial charge < -0.3 is 14.5 Å². The third kappa shape index (κ3) is 5.33. The molecule has 2 rings (SSSR count). The maximum absolute atomic E-state index is 13.6. The molecule has 1 atom stereocenters. The average molecular weight is 399 g/mol. The Bertz CT molecular complexity index is 838. The van der Waals surface area contributed by atoms with Gasteiger partial charge in [-0.1, -0.05) is 6.07 Å². The van der Waals surface area contributed by atoms with Gasteiger partial charge in [-0.2, -0.15) is 0 Å². The smallest absolute Gasteiger partial charge is 0.327 e. The van der Waals surface area contributed by atoms with Crippen LogP contribution in [0.1, 0.15) is 30.1 Å². The summed E-state index contributed by atoms with van der Waals surface area (Å²) in [6, 6.07) is 3.05. The first kappa shape index (κ1) is 20.5. The fraction of sp³-hybridized carbons (Fsp3) is 0.312. The van der Waals surface area contributed by atoms with E-state index in [0.29, 0.717) is 11.8 Å². The molecule has 1 heterocycles. The number of thioether (sulfide) groups is 1. The van der Waals surface area contributed by atoms with Crippen LogP contribution in [0.5, 0.6) is 0 Å². The predicted molar refractivity (Wildman–Crippen MR) is 88.8 cm³/mol. The van der Waals surface area contributed by atoms with Crippen LogP contribution in [0.25, 0.3) is 0 Å². The normalized spacial score (nSPS) is 11.7. The van der Waals surface area contributed by atoms with E-state index in [1.54, 1.807) is 6.92 Å². The predicted octanol–water partition coefficient (Wildman–Crippen LogP) is 1.89. The minimum absolute atomic E-state index is 0.0752. The number of ether oxygens (including phenoxy) is 1. The van der Waals surface area contributed by atoms with Crippen molar-refractivity contribution in [3.05, 3.63) is 41.3 Å². The summed E-state index contributed by atoms with van der Waals surface area (Å²) in [5.74, 6) is -4.28. The zero-order valence-corrected chi connectivity index (χ0v) is 15.1. The summed E-state index contributed by atoms with van der Waals surface area (Å²) in [5.41, 5.74) is -0.731. The van der Waals surface area contributed by atoms with E-state index in [1.807, 2.05) is 0 Å². The van der Waals surface area contributed by atoms with Crippen LogP contribution < -0.4 is 5.32 Å². The van der Waals surface area contributed by atoms with E-state index in [2.05, 4.69) is 15.5 Å². The lowest BCUT2D eigenvalue weighted by Crippen LogP contribution is -2.27. The van der Waals surface area contributed by atoms with E-state index in [1.165, 1.54) is 6.92 Å². The summed E-state index contributed by atoms with van der Waals surface area (Å²) in [6.45, 7) is 2.63. The van der Waals surface area contributed by atoms with Gasteiger partial charge in [0, 0.05) is 0 Å². The molecule has 0 saturated heterocycles. The van der Waals surface area contributed by atoms with E-state index in [0.717, 1.165) is 18.2 Å². The van der Waals surface area contributed by atoms with Gasteiger partial charge in [0.15, 0.2) is 11.0 Å². The van der Waals surface area contributed by atoms with Crippen molar-refractivity contribution < 1.29 is 32.3 Å². The van der Waals surface area contributed by atoms with Crippen LogP contribution >= 0.6 is 11.8 Å². The van der Waals surface area contributed by atoms with Crippen molar-refractivity contribution in [2.45, 2.75) is 30.9 Å². The molecule has 1 amide bonds. The minimum atomic E-state index is -1.17. The van der Waals surface area contributed by atoms with Crippen molar-refractivity contribution in [3.63, 3.8) is 0 Å². The zero-order valence-electron chi connectivity index (χ0n) is 14.3. The summed E-state index contributed by atoms with van der Waals surface area (Å²) >= 11 is 0.704. The number of benzene rings is 1. The van der Waals surface area contributed by atoms with Gasteiger partial charge in [0.05, 0.1) is 13.2 Å². The van der Waals surface area contributed by atoms with Gasteiger partial charge in [-0.05, 0) is 37.7 Å². The SMILES string of the molecule is CCOC(=O)[C@@H](Sc1nnc(CNC(=O)c2c(F)cccc2F)o1)C(C)=O. The second kappa shape index (κ2) is 9.21. The molecule has 0 aliphatic carbocycles. The Labute approximate surface area is 156 Å². The van der Waals surface area contributed by atoms with Crippen LogP contribution in [0.4, 0.5) is 8.78 Å². The molecule has 0 aliphatic heterocycles. The lowest BCUT2D eigenvalue weighted by molar-refractivity contribution is -0.144. The van der Waals surface area contributed by atoms with Gasteiger partial charge in [-0.25, -0.2) is 8.78 Å². The van der Waals surface area contributed by atoms with Gasteiger partial charge in [-0.15, -0.1) is 10.2 Å². The van der Waals surface area contributed by atoms with Gasteiger partial charge in [0.1, 0.15) is 17.2 Å². The van der Waals surface area contributed by atoms with Crippen molar-refractivity contribution in [1.29, 1.82) is 0 Å². The van der Waals surface area contributed by atoms with Crippen molar-refractivity contribution in [2.24, 2.45) is 0 Å². The first-order valence-electron chi connectivity index (χ1n) is 7.71. The number of ketones is 1. The number of nitrogens with one attached hydrogen (secondary N) is 1. The molecule has 11 heteroatoms. The molecule has 27 heavy (non-hydrogen) atoms. The van der Waals surface area contributed by atoms with Crippen molar-refractivity contribution in [3.8, 4) is 0 Å². The number of hydrogen-bond acceptors (Lipinski definition) is 8. The lowest BCUT2D eigenvalue weighted by atomic mass is 10.2. The highest BCUT2D eigenvalue weighted by Gasteiger charge is 2.28. The Morgan fingerprint density at radius 2 is 1.93 bits per heavy atom. The van der Waals surface area contributed by atoms with Crippen LogP contribution in [0.3, 0.4) is 0 Å². The molecule has 0 bridgehead atoms. The number of hydrogen-bond donors (Lipinski definition) is 1. The number of halogens is 2. The summed E-state index contributed by atoms with van der Waals surface area (Å²) in [7, 11) is 0. The summed E-state index contributed by atoms with van der Waals surface area (Å²) in [5, 5.41) is 8.28. The molecule has 0 unspecified atom stereocenters. The molecule has 0 spiro atoms. The number of carbonyl (C=O) groups excluding carboxylic acids is 3. The number of esters is 1. The van der Waals surface area contributed by atoms with Crippen LogP contribution in [-0.4, -0.2) is 39.7 Å². The molecule has 0 aliphatic rings. The van der Waals surface area contributed by atoms with Crippen LogP contribution in [-0.2, 0) is 20.9 Å². The van der Waals surface area contributed by atoms with E-state index >= 15 is 0 Å². The number of rotatable bonds is 8. The zero-order chi connectivity index (χ0) is 20.0. The van der Waals surface area contributed by atoms with Gasteiger partial charge in [0.2, 0.25) is 5.89 Å². The van der Waals surface area contributed by atoms with Gasteiger partial charge in [-0.3, -0.25) is 14.4 Å². The van der Waals surface area contributed by atoms with Gasteiger partial charge >= 0.3 is 5.97 Å². The van der Waals surface area contributed by atoms with Crippen molar-refractivity contribution in [2.75, 3.05) is 6.61 Å². The van der Waals surface area contributed by atoms with Crippen LogP contribution in [0.15, 0.2) is 27.8 Å². The molecule has 1 aromatic carbocycles. The molecule has 0 fully saturated rings. The first-order chi connectivity index (χ1) is 12.8. The molecule has 0 radical (unpaired) electrons. The highest BCUT2D eigenvalue weighted by molar-refractivity contribution is 8.01. The van der Waals surface area contributed by atoms with Gasteiger partial charge in [0.25, 0.3) is 11.1 Å². The molecule has 1 aromatic heterocycles. The lowest BCUT2D eigenvalue weighted by Gasteiger charge is -2.09. The third-order valence-corrected chi connectivity index (χ3v) is 4.25. The van der Waals surface area contributed by atoms with E-state index < -0.39 is 40.1 Å². The van der Waals surface area contributed by atoms with Crippen molar-refractivity contribution in [1.82, 2.24) is 15.5 Å². The quantitative estimate of drug-likeness (QED) is 0.407. The number of amides is 1. The molecular formula is C16H15F2N3O5S. The van der Waals surface area contributed by atoms with Crippen LogP contribution in [0.2, 0.25) is 0 Å². The number of Topliss-reactive ketones (excluding diaryl/α,β-unsaturated/α-hetero) is 1. The maximum Gasteiger partial charge on any atom is 0.327 e. The molecule has 1 N–H and O–H groups in total. The second-order valence-corrected chi connectivity index (χ2v) is 6.16. The maximum atomic E-state index is 13.6. The first-order valence-corrected chi connectivity index (χ1v) is 8.59. The fourth-order valence-corrected chi connectivity index (χ4v) is 2.70.